The molecule has 1 aliphatic rings. The number of hydrogen-bond acceptors (Lipinski definition) is 6. The highest BCUT2D eigenvalue weighted by molar-refractivity contribution is 5.53. The van der Waals surface area contributed by atoms with Crippen LogP contribution in [0.5, 0.6) is 28.7 Å². The van der Waals surface area contributed by atoms with E-state index in [0.717, 1.165) is 29.7 Å². The molecule has 0 spiro atoms. The van der Waals surface area contributed by atoms with Crippen molar-refractivity contribution < 1.29 is 28.8 Å². The van der Waals surface area contributed by atoms with Gasteiger partial charge in [0.15, 0.2) is 23.0 Å². The van der Waals surface area contributed by atoms with E-state index in [1.54, 1.807) is 21.3 Å². The fourth-order valence-corrected chi connectivity index (χ4v) is 3.07. The number of fused-ring (bicyclic) bond motifs is 1. The van der Waals surface area contributed by atoms with Gasteiger partial charge in [0, 0.05) is 0 Å². The average molecular weight is 360 g/mol. The molecule has 140 valence electrons. The number of ether oxygens (including phenoxy) is 5. The van der Waals surface area contributed by atoms with Gasteiger partial charge in [0.2, 0.25) is 12.5 Å². The van der Waals surface area contributed by atoms with Crippen molar-refractivity contribution in [2.24, 2.45) is 0 Å². The molecule has 1 unspecified atom stereocenters. The molecule has 0 bridgehead atoms. The smallest absolute Gasteiger partial charge is 0.231 e. The van der Waals surface area contributed by atoms with Gasteiger partial charge in [-0.3, -0.25) is 0 Å². The van der Waals surface area contributed by atoms with Crippen LogP contribution >= 0.6 is 0 Å². The second-order valence-electron chi connectivity index (χ2n) is 6.05. The molecule has 1 N–H and O–H groups in total. The Bertz CT molecular complexity index is 733. The van der Waals surface area contributed by atoms with Crippen LogP contribution in [0, 0.1) is 0 Å². The lowest BCUT2D eigenvalue weighted by atomic mass is 10.0. The first-order chi connectivity index (χ1) is 12.7. The molecular weight excluding hydrogens is 336 g/mol. The Labute approximate surface area is 153 Å². The summed E-state index contributed by atoms with van der Waals surface area (Å²) in [6.45, 7) is 0.232. The van der Waals surface area contributed by atoms with Crippen LogP contribution in [0.4, 0.5) is 0 Å². The summed E-state index contributed by atoms with van der Waals surface area (Å²) in [5.41, 5.74) is 1.90. The summed E-state index contributed by atoms with van der Waals surface area (Å²) >= 11 is 0. The molecule has 6 heteroatoms. The molecule has 26 heavy (non-hydrogen) atoms. The van der Waals surface area contributed by atoms with Crippen molar-refractivity contribution >= 4 is 0 Å². The molecule has 1 heterocycles. The maximum atomic E-state index is 10.4. The molecule has 0 aliphatic carbocycles. The maximum absolute atomic E-state index is 10.4. The SMILES string of the molecule is COc1cc(CCCC(O)c2ccc3c(c2)OCO3)cc(OC)c1OC. The zero-order valence-electron chi connectivity index (χ0n) is 15.3. The number of aliphatic hydroxyl groups is 1. The molecule has 0 fully saturated rings. The third kappa shape index (κ3) is 3.80. The zero-order chi connectivity index (χ0) is 18.5. The maximum Gasteiger partial charge on any atom is 0.231 e. The minimum absolute atomic E-state index is 0.232. The van der Waals surface area contributed by atoms with E-state index in [-0.39, 0.29) is 6.79 Å². The van der Waals surface area contributed by atoms with Crippen molar-refractivity contribution in [3.8, 4) is 28.7 Å². The average Bonchev–Trinajstić information content (AvgIpc) is 3.14. The molecule has 1 atom stereocenters. The van der Waals surface area contributed by atoms with Crippen LogP contribution in [-0.4, -0.2) is 33.2 Å². The predicted octanol–water partition coefficient (Wildman–Crippen LogP) is 3.50. The number of rotatable bonds is 8. The Morgan fingerprint density at radius 3 is 2.31 bits per heavy atom. The van der Waals surface area contributed by atoms with Crippen molar-refractivity contribution in [1.82, 2.24) is 0 Å². The van der Waals surface area contributed by atoms with E-state index < -0.39 is 6.10 Å². The van der Waals surface area contributed by atoms with Gasteiger partial charge in [-0.1, -0.05) is 6.07 Å². The summed E-state index contributed by atoms with van der Waals surface area (Å²) in [5.74, 6) is 3.26. The lowest BCUT2D eigenvalue weighted by molar-refractivity contribution is 0.163. The van der Waals surface area contributed by atoms with Gasteiger partial charge in [-0.25, -0.2) is 0 Å². The lowest BCUT2D eigenvalue weighted by Gasteiger charge is -2.15. The largest absolute Gasteiger partial charge is 0.493 e. The van der Waals surface area contributed by atoms with Crippen LogP contribution < -0.4 is 23.7 Å². The van der Waals surface area contributed by atoms with E-state index in [2.05, 4.69) is 0 Å². The first-order valence-corrected chi connectivity index (χ1v) is 8.52. The lowest BCUT2D eigenvalue weighted by Crippen LogP contribution is -2.00. The van der Waals surface area contributed by atoms with Gasteiger partial charge in [0.05, 0.1) is 27.4 Å². The molecule has 3 rings (SSSR count). The first-order valence-electron chi connectivity index (χ1n) is 8.52. The molecule has 6 nitrogen and oxygen atoms in total. The second-order valence-corrected chi connectivity index (χ2v) is 6.05. The summed E-state index contributed by atoms with van der Waals surface area (Å²) in [4.78, 5) is 0. The zero-order valence-corrected chi connectivity index (χ0v) is 15.3. The van der Waals surface area contributed by atoms with Crippen molar-refractivity contribution in [3.63, 3.8) is 0 Å². The van der Waals surface area contributed by atoms with Crippen LogP contribution in [0.1, 0.15) is 30.1 Å². The monoisotopic (exact) mass is 360 g/mol. The van der Waals surface area contributed by atoms with Crippen molar-refractivity contribution in [2.75, 3.05) is 28.1 Å². The molecule has 2 aromatic carbocycles. The highest BCUT2D eigenvalue weighted by Crippen LogP contribution is 2.39. The van der Waals surface area contributed by atoms with Gasteiger partial charge in [-0.2, -0.15) is 0 Å². The summed E-state index contributed by atoms with van der Waals surface area (Å²) < 4.78 is 26.8. The van der Waals surface area contributed by atoms with Crippen LogP contribution in [0.3, 0.4) is 0 Å². The number of benzene rings is 2. The van der Waals surface area contributed by atoms with Gasteiger partial charge in [-0.05, 0) is 54.7 Å². The summed E-state index contributed by atoms with van der Waals surface area (Å²) in [6.07, 6.45) is 1.69. The molecule has 2 aromatic rings. The van der Waals surface area contributed by atoms with Crippen LogP contribution in [0.15, 0.2) is 30.3 Å². The van der Waals surface area contributed by atoms with Crippen molar-refractivity contribution in [3.05, 3.63) is 41.5 Å². The fourth-order valence-electron chi connectivity index (χ4n) is 3.07. The number of aliphatic hydroxyl groups excluding tert-OH is 1. The molecule has 0 saturated heterocycles. The van der Waals surface area contributed by atoms with E-state index in [9.17, 15) is 5.11 Å². The molecule has 0 amide bonds. The van der Waals surface area contributed by atoms with E-state index >= 15 is 0 Å². The molecule has 1 aliphatic heterocycles. The van der Waals surface area contributed by atoms with Gasteiger partial charge >= 0.3 is 0 Å². The second kappa shape index (κ2) is 8.19. The highest BCUT2D eigenvalue weighted by Gasteiger charge is 2.17. The Balaban J connectivity index is 1.62. The van der Waals surface area contributed by atoms with Crippen LogP contribution in [-0.2, 0) is 6.42 Å². The fraction of sp³-hybridized carbons (Fsp3) is 0.400. The summed E-state index contributed by atoms with van der Waals surface area (Å²) in [5, 5.41) is 10.4. The Morgan fingerprint density at radius 2 is 1.65 bits per heavy atom. The van der Waals surface area contributed by atoms with Crippen molar-refractivity contribution in [2.45, 2.75) is 25.4 Å². The van der Waals surface area contributed by atoms with E-state index in [1.807, 2.05) is 30.3 Å². The highest BCUT2D eigenvalue weighted by atomic mass is 16.7. The number of methoxy groups -OCH3 is 3. The molecular formula is C20H24O6. The van der Waals surface area contributed by atoms with Gasteiger partial charge in [0.1, 0.15) is 0 Å². The minimum Gasteiger partial charge on any atom is -0.493 e. The Morgan fingerprint density at radius 1 is 0.962 bits per heavy atom. The Hall–Kier alpha value is -2.60. The third-order valence-corrected chi connectivity index (χ3v) is 4.45. The topological polar surface area (TPSA) is 66.4 Å². The third-order valence-electron chi connectivity index (χ3n) is 4.45. The molecule has 0 saturated carbocycles. The molecule has 0 aromatic heterocycles. The number of hydrogen-bond donors (Lipinski definition) is 1. The quantitative estimate of drug-likeness (QED) is 0.777. The Kier molecular flexibility index (Phi) is 5.73. The van der Waals surface area contributed by atoms with Gasteiger partial charge in [0.25, 0.3) is 0 Å². The molecule has 0 radical (unpaired) electrons. The standard InChI is InChI=1S/C20H24O6/c1-22-18-9-13(10-19(23-2)20(18)24-3)5-4-6-15(21)14-7-8-16-17(11-14)26-12-25-16/h7-11,15,21H,4-6,12H2,1-3H3. The summed E-state index contributed by atoms with van der Waals surface area (Å²) in [7, 11) is 4.79. The van der Waals surface area contributed by atoms with E-state index in [0.29, 0.717) is 29.4 Å². The minimum atomic E-state index is -0.550. The van der Waals surface area contributed by atoms with Crippen LogP contribution in [0.2, 0.25) is 0 Å². The predicted molar refractivity (Wildman–Crippen MR) is 96.6 cm³/mol. The number of aryl methyl sites for hydroxylation is 1. The van der Waals surface area contributed by atoms with E-state index in [4.69, 9.17) is 23.7 Å². The van der Waals surface area contributed by atoms with Crippen molar-refractivity contribution in [1.29, 1.82) is 0 Å². The normalized spacial score (nSPS) is 13.4. The van der Waals surface area contributed by atoms with Gasteiger partial charge in [-0.15, -0.1) is 0 Å². The van der Waals surface area contributed by atoms with E-state index in [1.165, 1.54) is 0 Å². The summed E-state index contributed by atoms with van der Waals surface area (Å²) in [6, 6.07) is 9.42. The van der Waals surface area contributed by atoms with Crippen LogP contribution in [0.25, 0.3) is 0 Å². The van der Waals surface area contributed by atoms with Gasteiger partial charge < -0.3 is 28.8 Å². The first kappa shape index (κ1) is 18.2.